The minimum atomic E-state index is -1.19. The molecule has 2 heterocycles. The molecule has 2 aliphatic rings. The summed E-state index contributed by atoms with van der Waals surface area (Å²) in [4.78, 5) is 29.3. The highest BCUT2D eigenvalue weighted by Gasteiger charge is 2.59. The van der Waals surface area contributed by atoms with Gasteiger partial charge in [0.05, 0.1) is 12.2 Å². The quantitative estimate of drug-likeness (QED) is 0.517. The molecule has 0 bridgehead atoms. The zero-order valence-electron chi connectivity index (χ0n) is 17.8. The van der Waals surface area contributed by atoms with Crippen LogP contribution in [-0.4, -0.2) is 29.1 Å². The van der Waals surface area contributed by atoms with Crippen LogP contribution >= 0.6 is 23.4 Å². The van der Waals surface area contributed by atoms with E-state index in [0.29, 0.717) is 34.3 Å². The summed E-state index contributed by atoms with van der Waals surface area (Å²) in [5.41, 5.74) is 3.47. The molecule has 5 nitrogen and oxygen atoms in total. The third kappa shape index (κ3) is 3.65. The number of carbonyl (C=O) groups excluding carboxylic acids is 2. The highest BCUT2D eigenvalue weighted by atomic mass is 35.5. The molecule has 3 aromatic rings. The fourth-order valence-corrected chi connectivity index (χ4v) is 5.99. The van der Waals surface area contributed by atoms with Crippen molar-refractivity contribution in [3.63, 3.8) is 0 Å². The number of nitrogens with one attached hydrogen (secondary N) is 1. The second-order valence-corrected chi connectivity index (χ2v) is 9.81. The van der Waals surface area contributed by atoms with Gasteiger partial charge in [-0.1, -0.05) is 47.5 Å². The van der Waals surface area contributed by atoms with Gasteiger partial charge in [-0.05, 0) is 43.3 Å². The van der Waals surface area contributed by atoms with Gasteiger partial charge < -0.3 is 10.2 Å². The normalized spacial score (nSPS) is 19.3. The van der Waals surface area contributed by atoms with Crippen LogP contribution in [0.15, 0.2) is 66.7 Å². The van der Waals surface area contributed by atoms with E-state index in [-0.39, 0.29) is 24.3 Å². The monoisotopic (exact) mass is 481 g/mol. The topological polar surface area (TPSA) is 52.7 Å². The predicted octanol–water partition coefficient (Wildman–Crippen LogP) is 5.77. The van der Waals surface area contributed by atoms with Gasteiger partial charge >= 0.3 is 6.03 Å². The maximum absolute atomic E-state index is 14.4. The molecule has 1 fully saturated rings. The number of carbonyl (C=O) groups is 2. The van der Waals surface area contributed by atoms with Crippen LogP contribution in [0.4, 0.5) is 20.6 Å². The van der Waals surface area contributed by atoms with Gasteiger partial charge in [-0.25, -0.2) is 9.18 Å². The molecule has 1 spiro atoms. The first-order chi connectivity index (χ1) is 15.9. The van der Waals surface area contributed by atoms with E-state index >= 15 is 0 Å². The SMILES string of the molecule is Cc1ccc2c(c1)[C@@]1(SCCN1C(=O)Nc1ccc(Cl)cc1)C(=O)N2Cc1ccccc1F. The first-order valence-electron chi connectivity index (χ1n) is 10.5. The van der Waals surface area contributed by atoms with Crippen molar-refractivity contribution in [1.82, 2.24) is 4.90 Å². The summed E-state index contributed by atoms with van der Waals surface area (Å²) in [6.07, 6.45) is 0. The maximum atomic E-state index is 14.4. The number of benzene rings is 3. The predicted molar refractivity (Wildman–Crippen MR) is 130 cm³/mol. The lowest BCUT2D eigenvalue weighted by Crippen LogP contribution is -2.51. The van der Waals surface area contributed by atoms with Crippen LogP contribution < -0.4 is 10.2 Å². The number of aryl methyl sites for hydroxylation is 1. The molecule has 3 amide bonds. The Hall–Kier alpha value is -3.03. The molecular formula is C25H21ClFN3O2S. The Morgan fingerprint density at radius 2 is 1.91 bits per heavy atom. The van der Waals surface area contributed by atoms with Crippen molar-refractivity contribution in [3.05, 3.63) is 94.3 Å². The number of thioether (sulfide) groups is 1. The molecule has 1 saturated heterocycles. The van der Waals surface area contributed by atoms with Gasteiger partial charge in [0.1, 0.15) is 5.82 Å². The van der Waals surface area contributed by atoms with Gasteiger partial charge in [-0.3, -0.25) is 9.69 Å². The third-order valence-corrected chi connectivity index (χ3v) is 7.65. The van der Waals surface area contributed by atoms with Crippen molar-refractivity contribution in [3.8, 4) is 0 Å². The minimum Gasteiger partial charge on any atom is -0.308 e. The lowest BCUT2D eigenvalue weighted by atomic mass is 10.0. The fraction of sp³-hybridized carbons (Fsp3) is 0.200. The molecular weight excluding hydrogens is 461 g/mol. The van der Waals surface area contributed by atoms with Crippen molar-refractivity contribution in [1.29, 1.82) is 0 Å². The van der Waals surface area contributed by atoms with Gasteiger partial charge in [-0.2, -0.15) is 0 Å². The van der Waals surface area contributed by atoms with Crippen molar-refractivity contribution in [2.24, 2.45) is 0 Å². The summed E-state index contributed by atoms with van der Waals surface area (Å²) in [6.45, 7) is 2.46. The molecule has 3 aromatic carbocycles. The van der Waals surface area contributed by atoms with E-state index < -0.39 is 4.87 Å². The summed E-state index contributed by atoms with van der Waals surface area (Å²) in [5, 5.41) is 3.46. The van der Waals surface area contributed by atoms with E-state index in [1.165, 1.54) is 17.8 Å². The fourth-order valence-electron chi connectivity index (χ4n) is 4.41. The number of rotatable bonds is 3. The average molecular weight is 482 g/mol. The number of halogens is 2. The van der Waals surface area contributed by atoms with Gasteiger partial charge in [-0.15, -0.1) is 11.8 Å². The molecule has 8 heteroatoms. The van der Waals surface area contributed by atoms with Crippen LogP contribution in [0, 0.1) is 12.7 Å². The van der Waals surface area contributed by atoms with Crippen LogP contribution in [0.3, 0.4) is 0 Å². The molecule has 0 radical (unpaired) electrons. The molecule has 0 saturated carbocycles. The molecule has 5 rings (SSSR count). The first kappa shape index (κ1) is 21.8. The summed E-state index contributed by atoms with van der Waals surface area (Å²) in [6, 6.07) is 18.7. The Labute approximate surface area is 200 Å². The minimum absolute atomic E-state index is 0.0938. The number of amides is 3. The summed E-state index contributed by atoms with van der Waals surface area (Å²) < 4.78 is 14.4. The van der Waals surface area contributed by atoms with Crippen LogP contribution in [0.5, 0.6) is 0 Å². The number of hydrogen-bond acceptors (Lipinski definition) is 3. The number of hydrogen-bond donors (Lipinski definition) is 1. The second-order valence-electron chi connectivity index (χ2n) is 8.08. The van der Waals surface area contributed by atoms with Gasteiger partial charge in [0.25, 0.3) is 5.91 Å². The van der Waals surface area contributed by atoms with Crippen LogP contribution in [0.25, 0.3) is 0 Å². The standard InChI is InChI=1S/C25H21ClFN3O2S/c1-16-6-11-22-20(14-16)25(23(31)29(22)15-17-4-2-3-5-21(17)27)30(12-13-33-25)24(32)28-19-9-7-18(26)8-10-19/h2-11,14H,12-13,15H2,1H3,(H,28,32)/t25-/m1/s1. The van der Waals surface area contributed by atoms with Crippen molar-refractivity contribution in [2.45, 2.75) is 18.3 Å². The Bertz CT molecular complexity index is 1250. The third-order valence-electron chi connectivity index (χ3n) is 5.98. The van der Waals surface area contributed by atoms with E-state index in [9.17, 15) is 14.0 Å². The molecule has 168 valence electrons. The zero-order valence-corrected chi connectivity index (χ0v) is 19.4. The number of urea groups is 1. The van der Waals surface area contributed by atoms with E-state index in [2.05, 4.69) is 5.32 Å². The Morgan fingerprint density at radius 3 is 2.67 bits per heavy atom. The first-order valence-corrected chi connectivity index (χ1v) is 11.9. The Morgan fingerprint density at radius 1 is 1.15 bits per heavy atom. The van der Waals surface area contributed by atoms with Crippen molar-refractivity contribution >= 4 is 46.7 Å². The average Bonchev–Trinajstić information content (AvgIpc) is 3.34. The highest BCUT2D eigenvalue weighted by Crippen LogP contribution is 2.54. The molecule has 0 unspecified atom stereocenters. The number of fused-ring (bicyclic) bond motifs is 2. The van der Waals surface area contributed by atoms with Gasteiger partial charge in [0, 0.05) is 34.1 Å². The largest absolute Gasteiger partial charge is 0.323 e. The summed E-state index contributed by atoms with van der Waals surface area (Å²) >= 11 is 7.39. The number of nitrogens with zero attached hydrogens (tertiary/aromatic N) is 2. The molecule has 1 atom stereocenters. The molecule has 33 heavy (non-hydrogen) atoms. The summed E-state index contributed by atoms with van der Waals surface area (Å²) in [5.74, 6) is 0.0113. The Kier molecular flexibility index (Phi) is 5.54. The highest BCUT2D eigenvalue weighted by molar-refractivity contribution is 8.01. The summed E-state index contributed by atoms with van der Waals surface area (Å²) in [7, 11) is 0. The van der Waals surface area contributed by atoms with E-state index in [1.807, 2.05) is 25.1 Å². The van der Waals surface area contributed by atoms with Crippen molar-refractivity contribution in [2.75, 3.05) is 22.5 Å². The second kappa shape index (κ2) is 8.39. The van der Waals surface area contributed by atoms with Crippen LogP contribution in [0.2, 0.25) is 5.02 Å². The van der Waals surface area contributed by atoms with E-state index in [1.54, 1.807) is 52.3 Å². The lowest BCUT2D eigenvalue weighted by molar-refractivity contribution is -0.123. The van der Waals surface area contributed by atoms with E-state index in [4.69, 9.17) is 11.6 Å². The van der Waals surface area contributed by atoms with Crippen LogP contribution in [0.1, 0.15) is 16.7 Å². The maximum Gasteiger partial charge on any atom is 0.323 e. The van der Waals surface area contributed by atoms with Gasteiger partial charge in [0.2, 0.25) is 0 Å². The molecule has 0 aliphatic carbocycles. The number of anilines is 2. The Balaban J connectivity index is 1.54. The van der Waals surface area contributed by atoms with E-state index in [0.717, 1.165) is 11.1 Å². The smallest absolute Gasteiger partial charge is 0.308 e. The van der Waals surface area contributed by atoms with Crippen molar-refractivity contribution < 1.29 is 14.0 Å². The van der Waals surface area contributed by atoms with Crippen LogP contribution in [-0.2, 0) is 16.2 Å². The van der Waals surface area contributed by atoms with Gasteiger partial charge in [0.15, 0.2) is 4.87 Å². The molecule has 0 aromatic heterocycles. The molecule has 2 aliphatic heterocycles. The lowest BCUT2D eigenvalue weighted by Gasteiger charge is -2.33. The molecule has 1 N–H and O–H groups in total. The zero-order chi connectivity index (χ0) is 23.2.